The van der Waals surface area contributed by atoms with Gasteiger partial charge in [0.25, 0.3) is 12.3 Å². The van der Waals surface area contributed by atoms with Crippen molar-refractivity contribution in [1.82, 2.24) is 10.3 Å². The van der Waals surface area contributed by atoms with Crippen LogP contribution in [0.1, 0.15) is 23.2 Å². The third-order valence-electron chi connectivity index (χ3n) is 2.51. The molecule has 1 aromatic heterocycles. The monoisotopic (exact) mass is 212 g/mol. The second-order valence-corrected chi connectivity index (χ2v) is 3.65. The summed E-state index contributed by atoms with van der Waals surface area (Å²) in [5, 5.41) is 2.37. The second-order valence-electron chi connectivity index (χ2n) is 3.65. The maximum absolute atomic E-state index is 12.5. The predicted octanol–water partition coefficient (Wildman–Crippen LogP) is 1.61. The van der Waals surface area contributed by atoms with Crippen molar-refractivity contribution in [3.05, 3.63) is 30.1 Å². The van der Waals surface area contributed by atoms with Crippen LogP contribution in [0, 0.1) is 0 Å². The van der Waals surface area contributed by atoms with Crippen molar-refractivity contribution in [1.29, 1.82) is 0 Å². The third kappa shape index (κ3) is 1.95. The molecule has 0 aromatic carbocycles. The Bertz CT molecular complexity index is 363. The number of aromatic nitrogens is 1. The van der Waals surface area contributed by atoms with E-state index in [4.69, 9.17) is 0 Å². The SMILES string of the molecule is O=C(NC1(C(F)F)CC1)c1ccncc1. The fraction of sp³-hybridized carbons (Fsp3) is 0.400. The number of hydrogen-bond donors (Lipinski definition) is 1. The van der Waals surface area contributed by atoms with E-state index >= 15 is 0 Å². The van der Waals surface area contributed by atoms with Gasteiger partial charge >= 0.3 is 0 Å². The van der Waals surface area contributed by atoms with Crippen LogP contribution in [-0.2, 0) is 0 Å². The number of pyridine rings is 1. The summed E-state index contributed by atoms with van der Waals surface area (Å²) < 4.78 is 25.0. The Morgan fingerprint density at radius 3 is 2.47 bits per heavy atom. The zero-order valence-corrected chi connectivity index (χ0v) is 7.91. The molecule has 5 heteroatoms. The summed E-state index contributed by atoms with van der Waals surface area (Å²) in [6.45, 7) is 0. The molecule has 15 heavy (non-hydrogen) atoms. The zero-order valence-electron chi connectivity index (χ0n) is 7.91. The maximum Gasteiger partial charge on any atom is 0.261 e. The van der Waals surface area contributed by atoms with E-state index < -0.39 is 17.9 Å². The minimum absolute atomic E-state index is 0.349. The summed E-state index contributed by atoms with van der Waals surface area (Å²) in [6, 6.07) is 2.99. The van der Waals surface area contributed by atoms with Gasteiger partial charge < -0.3 is 5.32 Å². The fourth-order valence-electron chi connectivity index (χ4n) is 1.33. The van der Waals surface area contributed by atoms with Gasteiger partial charge in [-0.05, 0) is 25.0 Å². The number of halogens is 2. The average molecular weight is 212 g/mol. The quantitative estimate of drug-likeness (QED) is 0.827. The van der Waals surface area contributed by atoms with Gasteiger partial charge in [-0.1, -0.05) is 0 Å². The molecule has 0 bridgehead atoms. The molecule has 1 aromatic rings. The summed E-state index contributed by atoms with van der Waals surface area (Å²) in [4.78, 5) is 15.3. The van der Waals surface area contributed by atoms with Gasteiger partial charge in [-0.25, -0.2) is 8.78 Å². The Morgan fingerprint density at radius 1 is 1.40 bits per heavy atom. The first-order chi connectivity index (χ1) is 7.14. The van der Waals surface area contributed by atoms with Crippen LogP contribution >= 0.6 is 0 Å². The molecule has 2 rings (SSSR count). The Balaban J connectivity index is 2.05. The number of nitrogens with zero attached hydrogens (tertiary/aromatic N) is 1. The minimum Gasteiger partial charge on any atom is -0.341 e. The van der Waals surface area contributed by atoms with Gasteiger partial charge in [-0.15, -0.1) is 0 Å². The van der Waals surface area contributed by atoms with Crippen LogP contribution in [0.15, 0.2) is 24.5 Å². The van der Waals surface area contributed by atoms with Gasteiger partial charge in [0.05, 0.1) is 0 Å². The maximum atomic E-state index is 12.5. The topological polar surface area (TPSA) is 42.0 Å². The molecule has 0 unspecified atom stereocenters. The molecule has 1 N–H and O–H groups in total. The van der Waals surface area contributed by atoms with E-state index in [2.05, 4.69) is 10.3 Å². The van der Waals surface area contributed by atoms with Crippen LogP contribution in [0.4, 0.5) is 8.78 Å². The smallest absolute Gasteiger partial charge is 0.261 e. The van der Waals surface area contributed by atoms with Crippen molar-refractivity contribution in [3.8, 4) is 0 Å². The molecule has 1 aliphatic rings. The lowest BCUT2D eigenvalue weighted by Gasteiger charge is -2.15. The van der Waals surface area contributed by atoms with Gasteiger partial charge in [-0.2, -0.15) is 0 Å². The Morgan fingerprint density at radius 2 is 2.00 bits per heavy atom. The van der Waals surface area contributed by atoms with Crippen molar-refractivity contribution in [2.75, 3.05) is 0 Å². The molecule has 1 fully saturated rings. The summed E-state index contributed by atoms with van der Waals surface area (Å²) in [5.74, 6) is -0.463. The summed E-state index contributed by atoms with van der Waals surface area (Å²) in [5.41, 5.74) is -0.919. The first-order valence-corrected chi connectivity index (χ1v) is 4.65. The molecular weight excluding hydrogens is 202 g/mol. The van der Waals surface area contributed by atoms with Crippen LogP contribution in [0.3, 0.4) is 0 Å². The molecule has 1 aliphatic carbocycles. The van der Waals surface area contributed by atoms with E-state index in [0.29, 0.717) is 18.4 Å². The lowest BCUT2D eigenvalue weighted by molar-refractivity contribution is 0.0680. The van der Waals surface area contributed by atoms with Crippen LogP contribution in [0.2, 0.25) is 0 Å². The van der Waals surface area contributed by atoms with Crippen LogP contribution in [0.5, 0.6) is 0 Å². The number of carbonyl (C=O) groups excluding carboxylic acids is 1. The Labute approximate surface area is 85.5 Å². The van der Waals surface area contributed by atoms with Crippen molar-refractivity contribution >= 4 is 5.91 Å². The fourth-order valence-corrected chi connectivity index (χ4v) is 1.33. The highest BCUT2D eigenvalue weighted by molar-refractivity contribution is 5.94. The lowest BCUT2D eigenvalue weighted by atomic mass is 10.2. The molecule has 1 heterocycles. The normalized spacial score (nSPS) is 17.5. The molecular formula is C10H10F2N2O. The van der Waals surface area contributed by atoms with E-state index in [-0.39, 0.29) is 0 Å². The van der Waals surface area contributed by atoms with E-state index in [9.17, 15) is 13.6 Å². The summed E-state index contributed by atoms with van der Waals surface area (Å²) in [7, 11) is 0. The van der Waals surface area contributed by atoms with Gasteiger partial charge in [0.2, 0.25) is 0 Å². The van der Waals surface area contributed by atoms with Gasteiger partial charge in [-0.3, -0.25) is 9.78 Å². The average Bonchev–Trinajstić information content (AvgIpc) is 3.00. The van der Waals surface area contributed by atoms with Crippen molar-refractivity contribution in [2.45, 2.75) is 24.8 Å². The number of carbonyl (C=O) groups is 1. The number of alkyl halides is 2. The summed E-state index contributed by atoms with van der Waals surface area (Å²) >= 11 is 0. The summed E-state index contributed by atoms with van der Waals surface area (Å²) in [6.07, 6.45) is 1.11. The molecule has 0 radical (unpaired) electrons. The van der Waals surface area contributed by atoms with E-state index in [1.807, 2.05) is 0 Å². The van der Waals surface area contributed by atoms with Crippen LogP contribution < -0.4 is 5.32 Å². The van der Waals surface area contributed by atoms with Gasteiger partial charge in [0.15, 0.2) is 0 Å². The molecule has 1 saturated carbocycles. The number of hydrogen-bond acceptors (Lipinski definition) is 2. The molecule has 0 spiro atoms. The van der Waals surface area contributed by atoms with Crippen molar-refractivity contribution in [3.63, 3.8) is 0 Å². The molecule has 0 saturated heterocycles. The van der Waals surface area contributed by atoms with Crippen molar-refractivity contribution in [2.24, 2.45) is 0 Å². The van der Waals surface area contributed by atoms with Crippen LogP contribution in [-0.4, -0.2) is 22.9 Å². The van der Waals surface area contributed by atoms with Crippen molar-refractivity contribution < 1.29 is 13.6 Å². The van der Waals surface area contributed by atoms with E-state index in [1.165, 1.54) is 24.5 Å². The highest BCUT2D eigenvalue weighted by Crippen LogP contribution is 2.41. The standard InChI is InChI=1S/C10H10F2N2O/c11-9(12)10(3-4-10)14-8(15)7-1-5-13-6-2-7/h1-2,5-6,9H,3-4H2,(H,14,15). The molecule has 0 aliphatic heterocycles. The molecule has 80 valence electrons. The molecule has 3 nitrogen and oxygen atoms in total. The van der Waals surface area contributed by atoms with Gasteiger partial charge in [0.1, 0.15) is 5.54 Å². The first kappa shape index (κ1) is 10.0. The number of nitrogens with one attached hydrogen (secondary N) is 1. The highest BCUT2D eigenvalue weighted by atomic mass is 19.3. The van der Waals surface area contributed by atoms with Gasteiger partial charge in [0, 0.05) is 18.0 Å². The Kier molecular flexibility index (Phi) is 2.38. The molecule has 1 amide bonds. The lowest BCUT2D eigenvalue weighted by Crippen LogP contribution is -2.42. The zero-order chi connectivity index (χ0) is 10.9. The first-order valence-electron chi connectivity index (χ1n) is 4.65. The highest BCUT2D eigenvalue weighted by Gasteiger charge is 2.52. The largest absolute Gasteiger partial charge is 0.341 e. The predicted molar refractivity (Wildman–Crippen MR) is 49.7 cm³/mol. The molecule has 0 atom stereocenters. The second kappa shape index (κ2) is 3.56. The minimum atomic E-state index is -2.50. The Hall–Kier alpha value is -1.52. The van der Waals surface area contributed by atoms with E-state index in [1.54, 1.807) is 0 Å². The number of amides is 1. The third-order valence-corrected chi connectivity index (χ3v) is 2.51. The van der Waals surface area contributed by atoms with E-state index in [0.717, 1.165) is 0 Å². The van der Waals surface area contributed by atoms with Crippen LogP contribution in [0.25, 0.3) is 0 Å². The number of rotatable bonds is 3.